The number of rotatable bonds is 4. The van der Waals surface area contributed by atoms with E-state index < -0.39 is 11.6 Å². The van der Waals surface area contributed by atoms with E-state index >= 15 is 0 Å². The molecular formula is C20H20F2. The van der Waals surface area contributed by atoms with Crippen LogP contribution in [0.25, 0.3) is 5.57 Å². The van der Waals surface area contributed by atoms with Crippen LogP contribution in [0.2, 0.25) is 0 Å². The molecule has 0 heterocycles. The molecule has 22 heavy (non-hydrogen) atoms. The lowest BCUT2D eigenvalue weighted by molar-refractivity contribution is 0.571. The molecule has 0 nitrogen and oxygen atoms in total. The molecule has 0 unspecified atom stereocenters. The van der Waals surface area contributed by atoms with Gasteiger partial charge in [0.05, 0.1) is 0 Å². The molecule has 2 aromatic carbocycles. The van der Waals surface area contributed by atoms with Gasteiger partial charge in [0.25, 0.3) is 0 Å². The quantitative estimate of drug-likeness (QED) is 0.700. The zero-order chi connectivity index (χ0) is 15.5. The molecule has 1 aliphatic carbocycles. The summed E-state index contributed by atoms with van der Waals surface area (Å²) in [6.45, 7) is 2.19. The van der Waals surface area contributed by atoms with Crippen LogP contribution in [-0.4, -0.2) is 0 Å². The third kappa shape index (κ3) is 3.11. The van der Waals surface area contributed by atoms with Crippen molar-refractivity contribution in [2.24, 2.45) is 0 Å². The van der Waals surface area contributed by atoms with Gasteiger partial charge in [-0.25, -0.2) is 8.78 Å². The molecule has 0 amide bonds. The van der Waals surface area contributed by atoms with Crippen LogP contribution in [0.4, 0.5) is 8.78 Å². The van der Waals surface area contributed by atoms with E-state index in [0.29, 0.717) is 18.4 Å². The van der Waals surface area contributed by atoms with Crippen LogP contribution in [0.1, 0.15) is 42.0 Å². The Balaban J connectivity index is 1.81. The van der Waals surface area contributed by atoms with E-state index in [1.807, 2.05) is 0 Å². The number of allylic oxidation sites excluding steroid dienone is 2. The predicted octanol–water partition coefficient (Wildman–Crippen LogP) is 5.49. The van der Waals surface area contributed by atoms with Crippen molar-refractivity contribution in [1.82, 2.24) is 0 Å². The van der Waals surface area contributed by atoms with Crippen LogP contribution in [-0.2, 0) is 19.3 Å². The summed E-state index contributed by atoms with van der Waals surface area (Å²) in [5, 5.41) is 0. The lowest BCUT2D eigenvalue weighted by Crippen LogP contribution is -2.06. The minimum absolute atomic E-state index is 0.430. The standard InChI is InChI=1S/C20H20F2/c1-2-3-4-14-5-7-15(8-6-14)16-9-10-19-17(11-16)12-18(21)13-20(19)22/h5-9,12-13H,2-4,10-11H2,1H3. The summed E-state index contributed by atoms with van der Waals surface area (Å²) >= 11 is 0. The summed E-state index contributed by atoms with van der Waals surface area (Å²) < 4.78 is 27.2. The number of hydrogen-bond acceptors (Lipinski definition) is 0. The average Bonchev–Trinajstić information content (AvgIpc) is 2.52. The molecule has 114 valence electrons. The van der Waals surface area contributed by atoms with Crippen molar-refractivity contribution in [1.29, 1.82) is 0 Å². The lowest BCUT2D eigenvalue weighted by Gasteiger charge is -2.18. The molecule has 2 aromatic rings. The van der Waals surface area contributed by atoms with Crippen molar-refractivity contribution < 1.29 is 8.78 Å². The van der Waals surface area contributed by atoms with Crippen LogP contribution >= 0.6 is 0 Å². The third-order valence-electron chi connectivity index (χ3n) is 4.33. The highest BCUT2D eigenvalue weighted by atomic mass is 19.1. The first-order valence-corrected chi connectivity index (χ1v) is 7.92. The molecule has 0 radical (unpaired) electrons. The molecule has 0 saturated carbocycles. The van der Waals surface area contributed by atoms with Gasteiger partial charge >= 0.3 is 0 Å². The van der Waals surface area contributed by atoms with Crippen molar-refractivity contribution in [3.8, 4) is 0 Å². The monoisotopic (exact) mass is 298 g/mol. The number of halogens is 2. The van der Waals surface area contributed by atoms with E-state index in [9.17, 15) is 8.78 Å². The number of benzene rings is 2. The molecule has 0 atom stereocenters. The molecule has 0 fully saturated rings. The van der Waals surface area contributed by atoms with Gasteiger partial charge in [0.1, 0.15) is 11.6 Å². The summed E-state index contributed by atoms with van der Waals surface area (Å²) in [5.41, 5.74) is 5.05. The first kappa shape index (κ1) is 15.0. The molecule has 0 saturated heterocycles. The topological polar surface area (TPSA) is 0 Å². The van der Waals surface area contributed by atoms with E-state index in [-0.39, 0.29) is 0 Å². The summed E-state index contributed by atoms with van der Waals surface area (Å²) in [5.74, 6) is -0.923. The highest BCUT2D eigenvalue weighted by molar-refractivity contribution is 5.70. The van der Waals surface area contributed by atoms with Gasteiger partial charge < -0.3 is 0 Å². The molecule has 0 aliphatic heterocycles. The van der Waals surface area contributed by atoms with Crippen molar-refractivity contribution in [3.05, 3.63) is 76.4 Å². The molecule has 0 bridgehead atoms. The highest BCUT2D eigenvalue weighted by Crippen LogP contribution is 2.30. The number of fused-ring (bicyclic) bond motifs is 1. The highest BCUT2D eigenvalue weighted by Gasteiger charge is 2.17. The fourth-order valence-corrected chi connectivity index (χ4v) is 3.03. The van der Waals surface area contributed by atoms with Crippen molar-refractivity contribution >= 4 is 5.57 Å². The van der Waals surface area contributed by atoms with E-state index in [1.54, 1.807) is 0 Å². The fraction of sp³-hybridized carbons (Fsp3) is 0.300. The van der Waals surface area contributed by atoms with Gasteiger partial charge in [-0.2, -0.15) is 0 Å². The zero-order valence-corrected chi connectivity index (χ0v) is 12.8. The molecule has 0 N–H and O–H groups in total. The Kier molecular flexibility index (Phi) is 4.37. The number of aryl methyl sites for hydroxylation is 1. The molecular weight excluding hydrogens is 278 g/mol. The summed E-state index contributed by atoms with van der Waals surface area (Å²) in [4.78, 5) is 0. The summed E-state index contributed by atoms with van der Waals surface area (Å²) in [7, 11) is 0. The Morgan fingerprint density at radius 3 is 2.55 bits per heavy atom. The zero-order valence-electron chi connectivity index (χ0n) is 12.8. The Labute approximate surface area is 130 Å². The van der Waals surface area contributed by atoms with Gasteiger partial charge in [-0.05, 0) is 59.6 Å². The van der Waals surface area contributed by atoms with Crippen LogP contribution in [0.5, 0.6) is 0 Å². The molecule has 3 rings (SSSR count). The van der Waals surface area contributed by atoms with E-state index in [2.05, 4.69) is 37.3 Å². The molecule has 0 spiro atoms. The minimum atomic E-state index is -0.493. The second-order valence-corrected chi connectivity index (χ2v) is 5.94. The second-order valence-electron chi connectivity index (χ2n) is 5.94. The van der Waals surface area contributed by atoms with Gasteiger partial charge in [-0.3, -0.25) is 0 Å². The largest absolute Gasteiger partial charge is 0.207 e. The van der Waals surface area contributed by atoms with Gasteiger partial charge in [-0.15, -0.1) is 0 Å². The molecule has 2 heteroatoms. The Bertz CT molecular complexity index is 696. The summed E-state index contributed by atoms with van der Waals surface area (Å²) in [6, 6.07) is 11.0. The lowest BCUT2D eigenvalue weighted by atomic mass is 9.87. The third-order valence-corrected chi connectivity index (χ3v) is 4.33. The maximum Gasteiger partial charge on any atom is 0.129 e. The number of unbranched alkanes of at least 4 members (excludes halogenated alkanes) is 1. The normalized spacial score (nSPS) is 13.7. The van der Waals surface area contributed by atoms with Gasteiger partial charge in [0, 0.05) is 6.07 Å². The SMILES string of the molecule is CCCCc1ccc(C2=CCc3c(F)cc(F)cc3C2)cc1. The van der Waals surface area contributed by atoms with Crippen molar-refractivity contribution in [2.75, 3.05) is 0 Å². The average molecular weight is 298 g/mol. The van der Waals surface area contributed by atoms with Crippen molar-refractivity contribution in [2.45, 2.75) is 39.0 Å². The Morgan fingerprint density at radius 2 is 1.82 bits per heavy atom. The smallest absolute Gasteiger partial charge is 0.129 e. The fourth-order valence-electron chi connectivity index (χ4n) is 3.03. The first-order valence-electron chi connectivity index (χ1n) is 7.92. The van der Waals surface area contributed by atoms with Crippen LogP contribution < -0.4 is 0 Å². The molecule has 1 aliphatic rings. The summed E-state index contributed by atoms with van der Waals surface area (Å²) in [6.07, 6.45) is 6.70. The van der Waals surface area contributed by atoms with Crippen molar-refractivity contribution in [3.63, 3.8) is 0 Å². The maximum absolute atomic E-state index is 13.8. The van der Waals surface area contributed by atoms with Crippen LogP contribution in [0, 0.1) is 11.6 Å². The van der Waals surface area contributed by atoms with E-state index in [1.165, 1.54) is 24.5 Å². The van der Waals surface area contributed by atoms with Crippen LogP contribution in [0.15, 0.2) is 42.5 Å². The van der Waals surface area contributed by atoms with E-state index in [0.717, 1.165) is 29.2 Å². The molecule has 0 aromatic heterocycles. The first-order chi connectivity index (χ1) is 10.7. The Morgan fingerprint density at radius 1 is 1.05 bits per heavy atom. The number of hydrogen-bond donors (Lipinski definition) is 0. The second kappa shape index (κ2) is 6.43. The Hall–Kier alpha value is -1.96. The van der Waals surface area contributed by atoms with Crippen LogP contribution in [0.3, 0.4) is 0 Å². The van der Waals surface area contributed by atoms with Gasteiger partial charge in [0.2, 0.25) is 0 Å². The minimum Gasteiger partial charge on any atom is -0.207 e. The maximum atomic E-state index is 13.8. The van der Waals surface area contributed by atoms with Gasteiger partial charge in [-0.1, -0.05) is 43.7 Å². The van der Waals surface area contributed by atoms with Gasteiger partial charge in [0.15, 0.2) is 0 Å². The van der Waals surface area contributed by atoms with E-state index in [4.69, 9.17) is 0 Å². The predicted molar refractivity (Wildman–Crippen MR) is 86.8 cm³/mol.